The highest BCUT2D eigenvalue weighted by molar-refractivity contribution is 5.62. The Morgan fingerprint density at radius 1 is 1.36 bits per heavy atom. The van der Waals surface area contributed by atoms with Crippen molar-refractivity contribution in [2.75, 3.05) is 18.0 Å². The molecule has 0 unspecified atom stereocenters. The van der Waals surface area contributed by atoms with E-state index in [1.165, 1.54) is 0 Å². The molecule has 1 aliphatic rings. The van der Waals surface area contributed by atoms with E-state index in [1.807, 2.05) is 25.7 Å². The minimum atomic E-state index is -0.345. The van der Waals surface area contributed by atoms with Crippen LogP contribution in [0, 0.1) is 30.9 Å². The van der Waals surface area contributed by atoms with Crippen molar-refractivity contribution in [3.8, 4) is 0 Å². The minimum absolute atomic E-state index is 0.00816. The van der Waals surface area contributed by atoms with E-state index in [1.54, 1.807) is 11.6 Å². The second-order valence-electron chi connectivity index (χ2n) is 6.30. The van der Waals surface area contributed by atoms with E-state index >= 15 is 0 Å². The summed E-state index contributed by atoms with van der Waals surface area (Å²) >= 11 is 0. The molecule has 0 radical (unpaired) electrons. The number of rotatable bonds is 6. The molecule has 0 aromatic carbocycles. The second-order valence-corrected chi connectivity index (χ2v) is 6.30. The van der Waals surface area contributed by atoms with Crippen LogP contribution in [0.2, 0.25) is 0 Å². The van der Waals surface area contributed by atoms with Gasteiger partial charge < -0.3 is 14.2 Å². The Balaban J connectivity index is 1.72. The van der Waals surface area contributed by atoms with Gasteiger partial charge in [-0.15, -0.1) is 0 Å². The molecule has 3 heterocycles. The van der Waals surface area contributed by atoms with Crippen molar-refractivity contribution in [1.82, 2.24) is 14.9 Å². The van der Waals surface area contributed by atoms with Gasteiger partial charge in [0.1, 0.15) is 11.5 Å². The van der Waals surface area contributed by atoms with Crippen LogP contribution >= 0.6 is 0 Å². The van der Waals surface area contributed by atoms with Crippen LogP contribution in [0.4, 0.5) is 11.5 Å². The van der Waals surface area contributed by atoms with Crippen LogP contribution in [0.15, 0.2) is 4.52 Å². The van der Waals surface area contributed by atoms with Gasteiger partial charge in [-0.1, -0.05) is 5.16 Å². The molecular weight excluding hydrogens is 326 g/mol. The molecule has 0 bridgehead atoms. The van der Waals surface area contributed by atoms with Crippen LogP contribution in [-0.2, 0) is 17.9 Å². The number of hydrogen-bond acceptors (Lipinski definition) is 7. The molecule has 9 heteroatoms. The molecule has 25 heavy (non-hydrogen) atoms. The quantitative estimate of drug-likeness (QED) is 0.583. The van der Waals surface area contributed by atoms with Crippen LogP contribution in [0.1, 0.15) is 36.1 Å². The number of ether oxygens (including phenoxy) is 1. The lowest BCUT2D eigenvalue weighted by Gasteiger charge is -2.18. The summed E-state index contributed by atoms with van der Waals surface area (Å²) in [6.07, 6.45) is 0.822. The fraction of sp³-hybridized carbons (Fsp3) is 0.625. The standard InChI is InChI=1S/C16H23N5O4/c1-5-20-16(15(21(22)23)11(3)17-20)19-7-6-13(8-19)24-9-14-10(2)18-25-12(14)4/h13H,5-9H2,1-4H3/t13-/m1/s1. The molecule has 0 amide bonds. The van der Waals surface area contributed by atoms with Crippen LogP contribution in [0.25, 0.3) is 0 Å². The average molecular weight is 349 g/mol. The second kappa shape index (κ2) is 6.83. The van der Waals surface area contributed by atoms with Crippen LogP contribution < -0.4 is 4.90 Å². The zero-order valence-corrected chi connectivity index (χ0v) is 15.0. The molecule has 2 aromatic heterocycles. The van der Waals surface area contributed by atoms with Crippen molar-refractivity contribution in [3.05, 3.63) is 32.8 Å². The maximum atomic E-state index is 11.4. The molecule has 1 saturated heterocycles. The van der Waals surface area contributed by atoms with Gasteiger partial charge in [0.25, 0.3) is 0 Å². The van der Waals surface area contributed by atoms with E-state index in [0.717, 1.165) is 23.4 Å². The summed E-state index contributed by atoms with van der Waals surface area (Å²) in [6.45, 7) is 9.71. The third kappa shape index (κ3) is 3.23. The molecule has 0 N–H and O–H groups in total. The molecule has 1 aliphatic heterocycles. The first-order valence-corrected chi connectivity index (χ1v) is 8.42. The van der Waals surface area contributed by atoms with Gasteiger partial charge in [0.15, 0.2) is 0 Å². The lowest BCUT2D eigenvalue weighted by Crippen LogP contribution is -2.26. The van der Waals surface area contributed by atoms with Crippen LogP contribution in [0.3, 0.4) is 0 Å². The van der Waals surface area contributed by atoms with Crippen molar-refractivity contribution in [1.29, 1.82) is 0 Å². The first-order valence-electron chi connectivity index (χ1n) is 8.42. The summed E-state index contributed by atoms with van der Waals surface area (Å²) in [4.78, 5) is 13.1. The fourth-order valence-electron chi connectivity index (χ4n) is 3.27. The Morgan fingerprint density at radius 2 is 2.12 bits per heavy atom. The number of nitrogens with zero attached hydrogens (tertiary/aromatic N) is 5. The highest BCUT2D eigenvalue weighted by Gasteiger charge is 2.34. The van der Waals surface area contributed by atoms with Crippen LogP contribution in [0.5, 0.6) is 0 Å². The summed E-state index contributed by atoms with van der Waals surface area (Å²) in [5, 5.41) is 19.7. The highest BCUT2D eigenvalue weighted by Crippen LogP contribution is 2.34. The predicted octanol–water partition coefficient (Wildman–Crippen LogP) is 2.52. The van der Waals surface area contributed by atoms with E-state index in [-0.39, 0.29) is 16.7 Å². The van der Waals surface area contributed by atoms with Crippen molar-refractivity contribution < 1.29 is 14.2 Å². The number of anilines is 1. The molecule has 2 aromatic rings. The van der Waals surface area contributed by atoms with E-state index in [9.17, 15) is 10.1 Å². The Labute approximate surface area is 145 Å². The number of aryl methyl sites for hydroxylation is 4. The third-order valence-corrected chi connectivity index (χ3v) is 4.64. The van der Waals surface area contributed by atoms with Gasteiger partial charge in [-0.2, -0.15) is 5.10 Å². The van der Waals surface area contributed by atoms with Crippen molar-refractivity contribution >= 4 is 11.5 Å². The summed E-state index contributed by atoms with van der Waals surface area (Å²) < 4.78 is 12.8. The summed E-state index contributed by atoms with van der Waals surface area (Å²) in [5.74, 6) is 1.34. The lowest BCUT2D eigenvalue weighted by atomic mass is 10.2. The summed E-state index contributed by atoms with van der Waals surface area (Å²) in [5.41, 5.74) is 2.34. The Kier molecular flexibility index (Phi) is 4.76. The van der Waals surface area contributed by atoms with Gasteiger partial charge >= 0.3 is 5.69 Å². The molecule has 1 atom stereocenters. The third-order valence-electron chi connectivity index (χ3n) is 4.64. The largest absolute Gasteiger partial charge is 0.371 e. The maximum Gasteiger partial charge on any atom is 0.333 e. The van der Waals surface area contributed by atoms with Crippen molar-refractivity contribution in [3.63, 3.8) is 0 Å². The van der Waals surface area contributed by atoms with Crippen molar-refractivity contribution in [2.45, 2.75) is 53.4 Å². The van der Waals surface area contributed by atoms with Gasteiger partial charge in [-0.3, -0.25) is 10.1 Å². The minimum Gasteiger partial charge on any atom is -0.371 e. The molecule has 0 aliphatic carbocycles. The smallest absolute Gasteiger partial charge is 0.333 e. The normalized spacial score (nSPS) is 17.4. The first-order chi connectivity index (χ1) is 11.9. The van der Waals surface area contributed by atoms with E-state index in [2.05, 4.69) is 10.3 Å². The van der Waals surface area contributed by atoms with Gasteiger partial charge in [-0.05, 0) is 34.1 Å². The first kappa shape index (κ1) is 17.4. The lowest BCUT2D eigenvalue weighted by molar-refractivity contribution is -0.384. The van der Waals surface area contributed by atoms with Crippen LogP contribution in [-0.4, -0.2) is 39.1 Å². The molecule has 9 nitrogen and oxygen atoms in total. The summed E-state index contributed by atoms with van der Waals surface area (Å²) in [6, 6.07) is 0. The van der Waals surface area contributed by atoms with E-state index in [4.69, 9.17) is 9.26 Å². The monoisotopic (exact) mass is 349 g/mol. The Bertz CT molecular complexity index is 762. The molecule has 0 spiro atoms. The average Bonchev–Trinajstić information content (AvgIpc) is 3.23. The van der Waals surface area contributed by atoms with Gasteiger partial charge in [-0.25, -0.2) is 4.68 Å². The number of hydrogen-bond donors (Lipinski definition) is 0. The van der Waals surface area contributed by atoms with Gasteiger partial charge in [0, 0.05) is 25.2 Å². The molecular formula is C16H23N5O4. The molecule has 0 saturated carbocycles. The zero-order valence-electron chi connectivity index (χ0n) is 15.0. The predicted molar refractivity (Wildman–Crippen MR) is 90.7 cm³/mol. The Hall–Kier alpha value is -2.42. The number of nitro groups is 1. The molecule has 136 valence electrons. The topological polar surface area (TPSA) is 99.5 Å². The fourth-order valence-corrected chi connectivity index (χ4v) is 3.27. The molecule has 3 rings (SSSR count). The van der Waals surface area contributed by atoms with Gasteiger partial charge in [0.05, 0.1) is 23.3 Å². The number of aromatic nitrogens is 3. The van der Waals surface area contributed by atoms with E-state index < -0.39 is 0 Å². The summed E-state index contributed by atoms with van der Waals surface area (Å²) in [7, 11) is 0. The maximum absolute atomic E-state index is 11.4. The van der Waals surface area contributed by atoms with E-state index in [0.29, 0.717) is 37.8 Å². The SMILES string of the molecule is CCn1nc(C)c([N+](=O)[O-])c1N1CC[C@@H](OCc2c(C)noc2C)C1. The van der Waals surface area contributed by atoms with Gasteiger partial charge in [0.2, 0.25) is 5.82 Å². The highest BCUT2D eigenvalue weighted by atomic mass is 16.6. The Morgan fingerprint density at radius 3 is 2.72 bits per heavy atom. The zero-order chi connectivity index (χ0) is 18.1. The molecule has 1 fully saturated rings. The van der Waals surface area contributed by atoms with Crippen molar-refractivity contribution in [2.24, 2.45) is 0 Å².